The second kappa shape index (κ2) is 10.7. The zero-order valence-electron chi connectivity index (χ0n) is 14.4. The number of aromatic nitrogens is 3. The fourth-order valence-electron chi connectivity index (χ4n) is 2.19. The van der Waals surface area contributed by atoms with Gasteiger partial charge < -0.3 is 19.6 Å². The summed E-state index contributed by atoms with van der Waals surface area (Å²) in [6.45, 7) is 5.08. The van der Waals surface area contributed by atoms with Crippen LogP contribution in [-0.2, 0) is 19.5 Å². The Morgan fingerprint density at radius 1 is 1.38 bits per heavy atom. The Kier molecular flexibility index (Phi) is 8.23. The number of nitrogens with one attached hydrogen (secondary N) is 2. The first-order chi connectivity index (χ1) is 11.8. The Morgan fingerprint density at radius 2 is 2.25 bits per heavy atom. The molecule has 2 rings (SSSR count). The number of hydrogen-bond donors (Lipinski definition) is 2. The topological polar surface area (TPSA) is 80.3 Å². The van der Waals surface area contributed by atoms with Crippen LogP contribution in [0.4, 0.5) is 0 Å². The molecule has 0 aliphatic carbocycles. The van der Waals surface area contributed by atoms with E-state index in [4.69, 9.17) is 4.42 Å². The molecule has 0 bridgehead atoms. The van der Waals surface area contributed by atoms with Crippen molar-refractivity contribution in [1.82, 2.24) is 25.4 Å². The molecule has 0 amide bonds. The molecule has 2 heterocycles. The Labute approximate surface area is 147 Å². The Balaban J connectivity index is 1.83. The molecule has 2 N–H and O–H groups in total. The van der Waals surface area contributed by atoms with E-state index in [1.165, 1.54) is 0 Å². The van der Waals surface area contributed by atoms with Gasteiger partial charge in [-0.1, -0.05) is 6.92 Å². The minimum atomic E-state index is 0.525. The Hall–Kier alpha value is -1.96. The molecular weight excluding hydrogens is 324 g/mol. The first kappa shape index (κ1) is 18.4. The summed E-state index contributed by atoms with van der Waals surface area (Å²) in [6.07, 6.45) is 7.54. The molecule has 0 aliphatic heterocycles. The average Bonchev–Trinajstić information content (AvgIpc) is 3.27. The fraction of sp³-hybridized carbons (Fsp3) is 0.562. The molecule has 24 heavy (non-hydrogen) atoms. The summed E-state index contributed by atoms with van der Waals surface area (Å²) < 4.78 is 7.39. The summed E-state index contributed by atoms with van der Waals surface area (Å²) in [5.74, 6) is 3.80. The van der Waals surface area contributed by atoms with Crippen molar-refractivity contribution in [3.63, 3.8) is 0 Å². The normalized spacial score (nSPS) is 11.7. The lowest BCUT2D eigenvalue weighted by Crippen LogP contribution is -2.39. The summed E-state index contributed by atoms with van der Waals surface area (Å²) in [4.78, 5) is 4.58. The first-order valence-electron chi connectivity index (χ1n) is 8.23. The van der Waals surface area contributed by atoms with E-state index < -0.39 is 0 Å². The van der Waals surface area contributed by atoms with E-state index in [2.05, 4.69) is 43.6 Å². The molecule has 132 valence electrons. The lowest BCUT2D eigenvalue weighted by atomic mass is 10.4. The smallest absolute Gasteiger partial charge is 0.191 e. The molecule has 0 unspecified atom stereocenters. The number of hydrogen-bond acceptors (Lipinski definition) is 5. The molecule has 0 saturated carbocycles. The van der Waals surface area contributed by atoms with Crippen LogP contribution in [0.2, 0.25) is 0 Å². The predicted molar refractivity (Wildman–Crippen MR) is 98.3 cm³/mol. The van der Waals surface area contributed by atoms with Crippen LogP contribution >= 0.6 is 11.8 Å². The number of thioether (sulfide) groups is 1. The molecule has 0 spiro atoms. The van der Waals surface area contributed by atoms with Gasteiger partial charge in [-0.25, -0.2) is 4.99 Å². The number of furan rings is 1. The summed E-state index contributed by atoms with van der Waals surface area (Å²) in [7, 11) is 0. The molecule has 0 fully saturated rings. The highest BCUT2D eigenvalue weighted by molar-refractivity contribution is 7.98. The first-order valence-corrected chi connectivity index (χ1v) is 9.63. The van der Waals surface area contributed by atoms with Crippen LogP contribution in [0.3, 0.4) is 0 Å². The van der Waals surface area contributed by atoms with Crippen molar-refractivity contribution in [2.75, 3.05) is 25.1 Å². The van der Waals surface area contributed by atoms with Gasteiger partial charge in [0.05, 0.1) is 6.26 Å². The van der Waals surface area contributed by atoms with Crippen molar-refractivity contribution in [3.8, 4) is 0 Å². The van der Waals surface area contributed by atoms with Crippen molar-refractivity contribution < 1.29 is 4.42 Å². The van der Waals surface area contributed by atoms with E-state index in [0.717, 1.165) is 55.8 Å². The molecule has 7 nitrogen and oxygen atoms in total. The third kappa shape index (κ3) is 6.27. The molecule has 0 aromatic carbocycles. The standard InChI is InChI=1S/C16H26N6OS/c1-3-15-21-20-13-22(15)9-8-18-16(17-7-5-11-24-2)19-12-14-6-4-10-23-14/h4,6,10,13H,3,5,7-9,11-12H2,1-2H3,(H2,17,18,19). The van der Waals surface area contributed by atoms with Crippen molar-refractivity contribution in [2.24, 2.45) is 4.99 Å². The van der Waals surface area contributed by atoms with Crippen molar-refractivity contribution in [1.29, 1.82) is 0 Å². The van der Waals surface area contributed by atoms with E-state index in [0.29, 0.717) is 6.54 Å². The second-order valence-corrected chi connectivity index (χ2v) is 6.22. The highest BCUT2D eigenvalue weighted by atomic mass is 32.2. The van der Waals surface area contributed by atoms with Gasteiger partial charge in [-0.05, 0) is 30.6 Å². The van der Waals surface area contributed by atoms with Gasteiger partial charge in [-0.15, -0.1) is 10.2 Å². The number of nitrogens with zero attached hydrogens (tertiary/aromatic N) is 4. The molecule has 0 atom stereocenters. The molecule has 2 aromatic heterocycles. The van der Waals surface area contributed by atoms with Crippen LogP contribution in [0.25, 0.3) is 0 Å². The Morgan fingerprint density at radius 3 is 3.00 bits per heavy atom. The summed E-state index contributed by atoms with van der Waals surface area (Å²) in [5.41, 5.74) is 0. The molecule has 8 heteroatoms. The molecule has 0 saturated heterocycles. The lowest BCUT2D eigenvalue weighted by molar-refractivity contribution is 0.511. The third-order valence-corrected chi connectivity index (χ3v) is 4.14. The van der Waals surface area contributed by atoms with Gasteiger partial charge in [0.25, 0.3) is 0 Å². The molecule has 0 radical (unpaired) electrons. The summed E-state index contributed by atoms with van der Waals surface area (Å²) in [5, 5.41) is 14.8. The van der Waals surface area contributed by atoms with Gasteiger partial charge in [-0.3, -0.25) is 0 Å². The summed E-state index contributed by atoms with van der Waals surface area (Å²) >= 11 is 1.85. The van der Waals surface area contributed by atoms with Crippen LogP contribution in [0.1, 0.15) is 24.9 Å². The highest BCUT2D eigenvalue weighted by Crippen LogP contribution is 2.01. The van der Waals surface area contributed by atoms with Crippen LogP contribution < -0.4 is 10.6 Å². The SMILES string of the molecule is CCc1nncn1CCNC(=NCc1ccco1)NCCCSC. The largest absolute Gasteiger partial charge is 0.467 e. The second-order valence-electron chi connectivity index (χ2n) is 5.24. The molecule has 0 aliphatic rings. The zero-order valence-corrected chi connectivity index (χ0v) is 15.2. The maximum Gasteiger partial charge on any atom is 0.191 e. The number of aliphatic imine (C=N–C) groups is 1. The van der Waals surface area contributed by atoms with E-state index in [9.17, 15) is 0 Å². The number of aryl methyl sites for hydroxylation is 1. The predicted octanol–water partition coefficient (Wildman–Crippen LogP) is 1.92. The number of guanidine groups is 1. The van der Waals surface area contributed by atoms with Gasteiger partial charge in [0, 0.05) is 26.1 Å². The van der Waals surface area contributed by atoms with Crippen molar-refractivity contribution in [2.45, 2.75) is 32.9 Å². The van der Waals surface area contributed by atoms with Crippen molar-refractivity contribution in [3.05, 3.63) is 36.3 Å². The molecule has 2 aromatic rings. The average molecular weight is 350 g/mol. The lowest BCUT2D eigenvalue weighted by Gasteiger charge is -2.13. The number of rotatable bonds is 10. The van der Waals surface area contributed by atoms with E-state index in [1.54, 1.807) is 12.6 Å². The van der Waals surface area contributed by atoms with Gasteiger partial charge in [0.2, 0.25) is 0 Å². The van der Waals surface area contributed by atoms with Crippen molar-refractivity contribution >= 4 is 17.7 Å². The van der Waals surface area contributed by atoms with Gasteiger partial charge in [-0.2, -0.15) is 11.8 Å². The van der Waals surface area contributed by atoms with Gasteiger partial charge >= 0.3 is 0 Å². The van der Waals surface area contributed by atoms with Crippen LogP contribution in [0.15, 0.2) is 34.1 Å². The zero-order chi connectivity index (χ0) is 17.0. The Bertz CT molecular complexity index is 595. The summed E-state index contributed by atoms with van der Waals surface area (Å²) in [6, 6.07) is 3.81. The maximum absolute atomic E-state index is 5.33. The van der Waals surface area contributed by atoms with Crippen LogP contribution in [0, 0.1) is 0 Å². The highest BCUT2D eigenvalue weighted by Gasteiger charge is 2.03. The fourth-order valence-corrected chi connectivity index (χ4v) is 2.62. The van der Waals surface area contributed by atoms with Crippen LogP contribution in [-0.4, -0.2) is 45.8 Å². The van der Waals surface area contributed by atoms with Crippen LogP contribution in [0.5, 0.6) is 0 Å². The third-order valence-electron chi connectivity index (χ3n) is 3.45. The van der Waals surface area contributed by atoms with E-state index in [-0.39, 0.29) is 0 Å². The van der Waals surface area contributed by atoms with Gasteiger partial charge in [0.1, 0.15) is 24.5 Å². The quantitative estimate of drug-likeness (QED) is 0.387. The van der Waals surface area contributed by atoms with E-state index in [1.807, 2.05) is 23.9 Å². The maximum atomic E-state index is 5.33. The monoisotopic (exact) mass is 350 g/mol. The van der Waals surface area contributed by atoms with Gasteiger partial charge in [0.15, 0.2) is 5.96 Å². The minimum absolute atomic E-state index is 0.525. The molecular formula is C16H26N6OS. The van der Waals surface area contributed by atoms with E-state index >= 15 is 0 Å². The minimum Gasteiger partial charge on any atom is -0.467 e.